The van der Waals surface area contributed by atoms with E-state index < -0.39 is 10.0 Å². The van der Waals surface area contributed by atoms with Crippen molar-refractivity contribution >= 4 is 21.6 Å². The Morgan fingerprint density at radius 1 is 1.00 bits per heavy atom. The van der Waals surface area contributed by atoms with E-state index in [1.165, 1.54) is 18.6 Å². The Balaban J connectivity index is 1.46. The van der Waals surface area contributed by atoms with E-state index in [0.29, 0.717) is 17.8 Å². The monoisotopic (exact) mass is 429 g/mol. The minimum absolute atomic E-state index is 0.146. The smallest absolute Gasteiger partial charge is 0.261 e. The van der Waals surface area contributed by atoms with E-state index >= 15 is 0 Å². The largest absolute Gasteiger partial charge is 0.352 e. The van der Waals surface area contributed by atoms with Gasteiger partial charge in [0.1, 0.15) is 0 Å². The number of rotatable bonds is 8. The van der Waals surface area contributed by atoms with Crippen molar-refractivity contribution in [1.29, 1.82) is 0 Å². The van der Waals surface area contributed by atoms with E-state index in [1.54, 1.807) is 42.5 Å². The lowest BCUT2D eigenvalue weighted by Crippen LogP contribution is -2.40. The highest BCUT2D eigenvalue weighted by atomic mass is 32.2. The number of piperidine rings is 1. The van der Waals surface area contributed by atoms with Crippen molar-refractivity contribution in [3.05, 3.63) is 60.2 Å². The molecule has 0 bridgehead atoms. The van der Waals surface area contributed by atoms with Crippen LogP contribution in [0.2, 0.25) is 0 Å². The van der Waals surface area contributed by atoms with Crippen LogP contribution in [0.4, 0.5) is 5.69 Å². The highest BCUT2D eigenvalue weighted by Gasteiger charge is 2.21. The average molecular weight is 430 g/mol. The van der Waals surface area contributed by atoms with E-state index in [2.05, 4.69) is 28.8 Å². The van der Waals surface area contributed by atoms with Crippen LogP contribution in [-0.4, -0.2) is 45.4 Å². The van der Waals surface area contributed by atoms with Crippen molar-refractivity contribution in [2.75, 3.05) is 30.9 Å². The zero-order valence-corrected chi connectivity index (χ0v) is 18.5. The lowest BCUT2D eigenvalue weighted by atomic mass is 9.92. The van der Waals surface area contributed by atoms with Crippen LogP contribution >= 0.6 is 0 Å². The lowest BCUT2D eigenvalue weighted by Gasteiger charge is -2.34. The van der Waals surface area contributed by atoms with Crippen LogP contribution in [0.1, 0.15) is 37.0 Å². The maximum Gasteiger partial charge on any atom is 0.261 e. The second-order valence-electron chi connectivity index (χ2n) is 8.31. The fourth-order valence-electron chi connectivity index (χ4n) is 4.08. The Morgan fingerprint density at radius 2 is 1.63 bits per heavy atom. The Kier molecular flexibility index (Phi) is 7.50. The number of hydrogen-bond donors (Lipinski definition) is 2. The molecule has 1 heterocycles. The van der Waals surface area contributed by atoms with E-state index in [9.17, 15) is 13.2 Å². The van der Waals surface area contributed by atoms with Crippen LogP contribution in [0.25, 0.3) is 0 Å². The highest BCUT2D eigenvalue weighted by molar-refractivity contribution is 7.92. The molecule has 162 valence electrons. The Bertz CT molecular complexity index is 920. The third-order valence-corrected chi connectivity index (χ3v) is 6.73. The van der Waals surface area contributed by atoms with Gasteiger partial charge in [0, 0.05) is 30.9 Å². The van der Waals surface area contributed by atoms with Crippen molar-refractivity contribution in [2.24, 2.45) is 11.8 Å². The van der Waals surface area contributed by atoms with E-state index in [-0.39, 0.29) is 10.8 Å². The predicted molar refractivity (Wildman–Crippen MR) is 120 cm³/mol. The van der Waals surface area contributed by atoms with Gasteiger partial charge < -0.3 is 10.2 Å². The number of anilines is 1. The molecule has 2 N–H and O–H groups in total. The first kappa shape index (κ1) is 22.3. The van der Waals surface area contributed by atoms with Gasteiger partial charge in [-0.1, -0.05) is 32.0 Å². The summed E-state index contributed by atoms with van der Waals surface area (Å²) in [7, 11) is -3.64. The fraction of sp³-hybridized carbons (Fsp3) is 0.435. The SMILES string of the molecule is CC1CC(C)CN(CCCNC(=O)c2ccc(NS(=O)(=O)c3ccccc3)cc2)C1. The second kappa shape index (κ2) is 10.1. The highest BCUT2D eigenvalue weighted by Crippen LogP contribution is 2.21. The number of sulfonamides is 1. The first-order valence-corrected chi connectivity index (χ1v) is 12.0. The van der Waals surface area contributed by atoms with Gasteiger partial charge in [0.15, 0.2) is 0 Å². The molecular weight excluding hydrogens is 398 g/mol. The third kappa shape index (κ3) is 6.31. The normalized spacial score (nSPS) is 19.9. The van der Waals surface area contributed by atoms with E-state index in [0.717, 1.165) is 37.9 Å². The van der Waals surface area contributed by atoms with E-state index in [4.69, 9.17) is 0 Å². The summed E-state index contributed by atoms with van der Waals surface area (Å²) in [4.78, 5) is 15.0. The number of likely N-dealkylation sites (tertiary alicyclic amines) is 1. The Hall–Kier alpha value is -2.38. The number of benzene rings is 2. The minimum Gasteiger partial charge on any atom is -0.352 e. The molecule has 1 saturated heterocycles. The molecule has 0 saturated carbocycles. The van der Waals surface area contributed by atoms with Crippen LogP contribution in [-0.2, 0) is 10.0 Å². The number of carbonyl (C=O) groups is 1. The van der Waals surface area contributed by atoms with Crippen molar-refractivity contribution in [3.63, 3.8) is 0 Å². The fourth-order valence-corrected chi connectivity index (χ4v) is 5.16. The van der Waals surface area contributed by atoms with Gasteiger partial charge in [0.2, 0.25) is 0 Å². The molecular formula is C23H31N3O3S. The first-order valence-electron chi connectivity index (χ1n) is 10.5. The van der Waals surface area contributed by atoms with Crippen molar-refractivity contribution in [1.82, 2.24) is 10.2 Å². The van der Waals surface area contributed by atoms with Crippen molar-refractivity contribution < 1.29 is 13.2 Å². The predicted octanol–water partition coefficient (Wildman–Crippen LogP) is 3.59. The molecule has 1 amide bonds. The zero-order chi connectivity index (χ0) is 21.6. The quantitative estimate of drug-likeness (QED) is 0.629. The molecule has 2 unspecified atom stereocenters. The molecule has 0 aromatic heterocycles. The van der Waals surface area contributed by atoms with Gasteiger partial charge >= 0.3 is 0 Å². The molecule has 0 aliphatic carbocycles. The molecule has 2 atom stereocenters. The zero-order valence-electron chi connectivity index (χ0n) is 17.7. The van der Waals surface area contributed by atoms with Crippen LogP contribution in [0.15, 0.2) is 59.5 Å². The summed E-state index contributed by atoms with van der Waals surface area (Å²) >= 11 is 0. The second-order valence-corrected chi connectivity index (χ2v) is 9.99. The van der Waals surface area contributed by atoms with Crippen LogP contribution in [0, 0.1) is 11.8 Å². The Morgan fingerprint density at radius 3 is 2.27 bits per heavy atom. The number of nitrogens with one attached hydrogen (secondary N) is 2. The number of hydrogen-bond acceptors (Lipinski definition) is 4. The Labute approximate surface area is 179 Å². The molecule has 2 aromatic rings. The molecule has 1 fully saturated rings. The van der Waals surface area contributed by atoms with Gasteiger partial charge in [-0.05, 0) is 67.6 Å². The number of nitrogens with zero attached hydrogens (tertiary/aromatic N) is 1. The molecule has 3 rings (SSSR count). The van der Waals surface area contributed by atoms with Crippen LogP contribution in [0.3, 0.4) is 0 Å². The molecule has 6 nitrogen and oxygen atoms in total. The number of amides is 1. The van der Waals surface area contributed by atoms with Gasteiger partial charge in [0.25, 0.3) is 15.9 Å². The molecule has 2 aromatic carbocycles. The number of carbonyl (C=O) groups excluding carboxylic acids is 1. The summed E-state index contributed by atoms with van der Waals surface area (Å²) < 4.78 is 27.3. The summed E-state index contributed by atoms with van der Waals surface area (Å²) in [6.07, 6.45) is 2.21. The average Bonchev–Trinajstić information content (AvgIpc) is 2.71. The summed E-state index contributed by atoms with van der Waals surface area (Å²) in [5.74, 6) is 1.33. The van der Waals surface area contributed by atoms with E-state index in [1.807, 2.05) is 0 Å². The van der Waals surface area contributed by atoms with Crippen molar-refractivity contribution in [3.8, 4) is 0 Å². The van der Waals surface area contributed by atoms with Gasteiger partial charge in [0.05, 0.1) is 4.90 Å². The van der Waals surface area contributed by atoms with Gasteiger partial charge in [-0.25, -0.2) is 8.42 Å². The molecule has 1 aliphatic rings. The summed E-state index contributed by atoms with van der Waals surface area (Å²) in [6, 6.07) is 14.7. The van der Waals surface area contributed by atoms with Gasteiger partial charge in [-0.3, -0.25) is 9.52 Å². The van der Waals surface area contributed by atoms with Gasteiger partial charge in [-0.15, -0.1) is 0 Å². The van der Waals surface area contributed by atoms with Crippen molar-refractivity contribution in [2.45, 2.75) is 31.6 Å². The van der Waals surface area contributed by atoms with Crippen LogP contribution in [0.5, 0.6) is 0 Å². The topological polar surface area (TPSA) is 78.5 Å². The van der Waals surface area contributed by atoms with Crippen LogP contribution < -0.4 is 10.0 Å². The summed E-state index contributed by atoms with van der Waals surface area (Å²) in [5, 5.41) is 2.95. The molecule has 7 heteroatoms. The maximum atomic E-state index is 12.4. The lowest BCUT2D eigenvalue weighted by molar-refractivity contribution is 0.0947. The minimum atomic E-state index is -3.64. The molecule has 0 radical (unpaired) electrons. The summed E-state index contributed by atoms with van der Waals surface area (Å²) in [5.41, 5.74) is 0.932. The maximum absolute atomic E-state index is 12.4. The molecule has 30 heavy (non-hydrogen) atoms. The standard InChI is InChI=1S/C23H31N3O3S/c1-18-15-19(2)17-26(16-18)14-6-13-24-23(27)20-9-11-21(12-10-20)25-30(28,29)22-7-4-3-5-8-22/h3-5,7-12,18-19,25H,6,13-17H2,1-2H3,(H,24,27). The van der Waals surface area contributed by atoms with Gasteiger partial charge in [-0.2, -0.15) is 0 Å². The molecule has 1 aliphatic heterocycles. The third-order valence-electron chi connectivity index (χ3n) is 5.33. The summed E-state index contributed by atoms with van der Waals surface area (Å²) in [6.45, 7) is 8.50. The molecule has 0 spiro atoms. The first-order chi connectivity index (χ1) is 14.3.